The molecule has 0 unspecified atom stereocenters. The summed E-state index contributed by atoms with van der Waals surface area (Å²) >= 11 is 1.58. The van der Waals surface area contributed by atoms with Crippen molar-refractivity contribution in [1.82, 2.24) is 14.9 Å². The van der Waals surface area contributed by atoms with Gasteiger partial charge in [-0.25, -0.2) is 4.68 Å². The van der Waals surface area contributed by atoms with Gasteiger partial charge in [-0.1, -0.05) is 42.1 Å². The summed E-state index contributed by atoms with van der Waals surface area (Å²) in [7, 11) is 0. The quantitative estimate of drug-likeness (QED) is 0.517. The number of benzene rings is 2. The van der Waals surface area contributed by atoms with Crippen LogP contribution in [-0.2, 0) is 5.75 Å². The normalized spacial score (nSPS) is 11.1. The molecule has 0 atom stereocenters. The maximum atomic E-state index is 6.23. The van der Waals surface area contributed by atoms with Crippen molar-refractivity contribution in [2.45, 2.75) is 44.7 Å². The Morgan fingerprint density at radius 3 is 2.62 bits per heavy atom. The van der Waals surface area contributed by atoms with Crippen LogP contribution in [0.2, 0.25) is 0 Å². The number of nitrogen functional groups attached to an aromatic ring is 1. The molecule has 0 bridgehead atoms. The van der Waals surface area contributed by atoms with Crippen molar-refractivity contribution in [3.8, 4) is 17.1 Å². The van der Waals surface area contributed by atoms with Gasteiger partial charge in [0.25, 0.3) is 0 Å². The minimum atomic E-state index is 0.116. The van der Waals surface area contributed by atoms with Gasteiger partial charge < -0.3 is 10.6 Å². The molecule has 0 saturated heterocycles. The van der Waals surface area contributed by atoms with Crippen molar-refractivity contribution in [2.75, 3.05) is 5.84 Å². The standard InChI is InChI=1S/C20H24N4OS/c1-13(2)25-18-7-5-6-17(11-18)19-22-23-20(24(19)21)26-12-16-9-8-14(3)15(4)10-16/h5-11,13H,12,21H2,1-4H3. The van der Waals surface area contributed by atoms with Gasteiger partial charge in [-0.15, -0.1) is 10.2 Å². The van der Waals surface area contributed by atoms with Crippen molar-refractivity contribution in [2.24, 2.45) is 0 Å². The molecule has 5 nitrogen and oxygen atoms in total. The molecule has 136 valence electrons. The van der Waals surface area contributed by atoms with Crippen LogP contribution >= 0.6 is 11.8 Å². The minimum absolute atomic E-state index is 0.116. The van der Waals surface area contributed by atoms with E-state index in [-0.39, 0.29) is 6.10 Å². The molecule has 6 heteroatoms. The van der Waals surface area contributed by atoms with Crippen LogP contribution in [-0.4, -0.2) is 21.0 Å². The van der Waals surface area contributed by atoms with Gasteiger partial charge in [0, 0.05) is 11.3 Å². The molecular formula is C20H24N4OS. The number of rotatable bonds is 6. The molecule has 1 aromatic heterocycles. The highest BCUT2D eigenvalue weighted by Crippen LogP contribution is 2.27. The van der Waals surface area contributed by atoms with Crippen molar-refractivity contribution in [3.63, 3.8) is 0 Å². The molecule has 0 fully saturated rings. The van der Waals surface area contributed by atoms with E-state index in [1.807, 2.05) is 38.1 Å². The van der Waals surface area contributed by atoms with E-state index < -0.39 is 0 Å². The fourth-order valence-electron chi connectivity index (χ4n) is 2.59. The largest absolute Gasteiger partial charge is 0.491 e. The summed E-state index contributed by atoms with van der Waals surface area (Å²) < 4.78 is 7.29. The number of aromatic nitrogens is 3. The van der Waals surface area contributed by atoms with Gasteiger partial charge >= 0.3 is 0 Å². The van der Waals surface area contributed by atoms with Crippen LogP contribution in [0.3, 0.4) is 0 Å². The van der Waals surface area contributed by atoms with Gasteiger partial charge in [0.2, 0.25) is 5.16 Å². The molecule has 0 amide bonds. The van der Waals surface area contributed by atoms with Crippen molar-refractivity contribution >= 4 is 11.8 Å². The third kappa shape index (κ3) is 4.19. The summed E-state index contributed by atoms with van der Waals surface area (Å²) in [5, 5.41) is 9.20. The molecule has 2 N–H and O–H groups in total. The van der Waals surface area contributed by atoms with Crippen LogP contribution in [0, 0.1) is 13.8 Å². The molecule has 0 aliphatic heterocycles. The smallest absolute Gasteiger partial charge is 0.210 e. The molecule has 26 heavy (non-hydrogen) atoms. The molecule has 3 rings (SSSR count). The average molecular weight is 369 g/mol. The lowest BCUT2D eigenvalue weighted by Gasteiger charge is -2.10. The molecule has 2 aromatic carbocycles. The Hall–Kier alpha value is -2.47. The second-order valence-corrected chi connectivity index (χ2v) is 7.52. The Bertz CT molecular complexity index is 905. The third-order valence-corrected chi connectivity index (χ3v) is 5.08. The fourth-order valence-corrected chi connectivity index (χ4v) is 3.39. The Balaban J connectivity index is 1.76. The zero-order chi connectivity index (χ0) is 18.7. The van der Waals surface area contributed by atoms with Crippen molar-refractivity contribution < 1.29 is 4.74 Å². The van der Waals surface area contributed by atoms with Crippen LogP contribution < -0.4 is 10.6 Å². The molecule has 1 heterocycles. The van der Waals surface area contributed by atoms with Crippen LogP contribution in [0.15, 0.2) is 47.6 Å². The van der Waals surface area contributed by atoms with Crippen molar-refractivity contribution in [1.29, 1.82) is 0 Å². The highest BCUT2D eigenvalue weighted by Gasteiger charge is 2.13. The van der Waals surface area contributed by atoms with E-state index in [2.05, 4.69) is 42.2 Å². The highest BCUT2D eigenvalue weighted by atomic mass is 32.2. The van der Waals surface area contributed by atoms with E-state index in [1.54, 1.807) is 16.4 Å². The number of hydrogen-bond acceptors (Lipinski definition) is 5. The summed E-state index contributed by atoms with van der Waals surface area (Å²) in [6, 6.07) is 14.2. The van der Waals surface area contributed by atoms with Crippen molar-refractivity contribution in [3.05, 3.63) is 59.2 Å². The predicted molar refractivity (Wildman–Crippen MR) is 107 cm³/mol. The highest BCUT2D eigenvalue weighted by molar-refractivity contribution is 7.98. The van der Waals surface area contributed by atoms with E-state index in [0.717, 1.165) is 17.1 Å². The first-order valence-electron chi connectivity index (χ1n) is 8.60. The Morgan fingerprint density at radius 1 is 1.08 bits per heavy atom. The van der Waals surface area contributed by atoms with Gasteiger partial charge in [0.1, 0.15) is 5.75 Å². The zero-order valence-electron chi connectivity index (χ0n) is 15.6. The van der Waals surface area contributed by atoms with Gasteiger partial charge in [0.05, 0.1) is 6.10 Å². The Morgan fingerprint density at radius 2 is 1.88 bits per heavy atom. The van der Waals surface area contributed by atoms with E-state index in [1.165, 1.54) is 16.7 Å². The molecule has 0 aliphatic carbocycles. The van der Waals surface area contributed by atoms with Gasteiger partial charge in [-0.2, -0.15) is 0 Å². The third-order valence-electron chi connectivity index (χ3n) is 4.07. The van der Waals surface area contributed by atoms with Crippen LogP contribution in [0.1, 0.15) is 30.5 Å². The Labute approximate surface area is 158 Å². The summed E-state index contributed by atoms with van der Waals surface area (Å²) in [6.07, 6.45) is 0.116. The number of nitrogens with two attached hydrogens (primary N) is 1. The molecule has 0 aliphatic rings. The second kappa shape index (κ2) is 7.83. The lowest BCUT2D eigenvalue weighted by Crippen LogP contribution is -2.11. The molecule has 0 radical (unpaired) electrons. The lowest BCUT2D eigenvalue weighted by molar-refractivity contribution is 0.242. The van der Waals surface area contributed by atoms with E-state index >= 15 is 0 Å². The second-order valence-electron chi connectivity index (χ2n) is 6.58. The van der Waals surface area contributed by atoms with E-state index in [9.17, 15) is 0 Å². The Kier molecular flexibility index (Phi) is 5.52. The SMILES string of the molecule is Cc1ccc(CSc2nnc(-c3cccc(OC(C)C)c3)n2N)cc1C. The van der Waals surface area contributed by atoms with Gasteiger partial charge in [-0.05, 0) is 56.5 Å². The number of thioether (sulfide) groups is 1. The molecule has 0 saturated carbocycles. The van der Waals surface area contributed by atoms with Gasteiger partial charge in [0.15, 0.2) is 5.82 Å². The number of ether oxygens (including phenoxy) is 1. The van der Waals surface area contributed by atoms with Gasteiger partial charge in [-0.3, -0.25) is 0 Å². The number of hydrogen-bond donors (Lipinski definition) is 1. The molecule has 3 aromatic rings. The van der Waals surface area contributed by atoms with Crippen LogP contribution in [0.25, 0.3) is 11.4 Å². The summed E-state index contributed by atoms with van der Waals surface area (Å²) in [5.74, 6) is 8.46. The topological polar surface area (TPSA) is 66.0 Å². The summed E-state index contributed by atoms with van der Waals surface area (Å²) in [4.78, 5) is 0. The first-order valence-corrected chi connectivity index (χ1v) is 9.59. The maximum Gasteiger partial charge on any atom is 0.210 e. The number of aryl methyl sites for hydroxylation is 2. The summed E-state index contributed by atoms with van der Waals surface area (Å²) in [6.45, 7) is 8.24. The van der Waals surface area contributed by atoms with Crippen LogP contribution in [0.5, 0.6) is 5.75 Å². The average Bonchev–Trinajstić information content (AvgIpc) is 2.96. The number of nitrogens with zero attached hydrogens (tertiary/aromatic N) is 3. The molecule has 0 spiro atoms. The van der Waals surface area contributed by atoms with Crippen LogP contribution in [0.4, 0.5) is 0 Å². The maximum absolute atomic E-state index is 6.23. The fraction of sp³-hybridized carbons (Fsp3) is 0.300. The summed E-state index contributed by atoms with van der Waals surface area (Å²) in [5.41, 5.74) is 4.72. The first-order chi connectivity index (χ1) is 12.4. The zero-order valence-corrected chi connectivity index (χ0v) is 16.4. The monoisotopic (exact) mass is 368 g/mol. The predicted octanol–water partition coefficient (Wildman–Crippen LogP) is 4.36. The molecular weight excluding hydrogens is 344 g/mol. The lowest BCUT2D eigenvalue weighted by atomic mass is 10.1. The minimum Gasteiger partial charge on any atom is -0.491 e. The van der Waals surface area contributed by atoms with E-state index in [0.29, 0.717) is 11.0 Å². The van der Waals surface area contributed by atoms with E-state index in [4.69, 9.17) is 10.6 Å². The first kappa shape index (κ1) is 18.3.